The van der Waals surface area contributed by atoms with Gasteiger partial charge in [0.15, 0.2) is 23.0 Å². The minimum atomic E-state index is -0.161. The second kappa shape index (κ2) is 6.80. The van der Waals surface area contributed by atoms with E-state index in [9.17, 15) is 9.59 Å². The van der Waals surface area contributed by atoms with Crippen molar-refractivity contribution in [1.29, 1.82) is 0 Å². The summed E-state index contributed by atoms with van der Waals surface area (Å²) in [5.74, 6) is 1.37. The van der Waals surface area contributed by atoms with E-state index in [1.165, 1.54) is 9.13 Å². The summed E-state index contributed by atoms with van der Waals surface area (Å²) in [7, 11) is 6.78. The first-order chi connectivity index (χ1) is 17.2. The van der Waals surface area contributed by atoms with E-state index in [-0.39, 0.29) is 32.9 Å². The maximum atomic E-state index is 12.4. The number of aromatic nitrogens is 4. The zero-order valence-electron chi connectivity index (χ0n) is 19.4. The molecule has 2 aliphatic heterocycles. The Balaban J connectivity index is 1.50. The monoisotopic (exact) mass is 522 g/mol. The number of benzene rings is 3. The van der Waals surface area contributed by atoms with Crippen LogP contribution in [0.15, 0.2) is 43.8 Å². The SMILES string of the molecule is Cn1c(=O)n(C)c2cc3c(cc21)N=c1c(Cl)c2c(c(Cl)c1O3)=Nc1cc3c(cc1O2)n(C)c(=O)n3C. The van der Waals surface area contributed by atoms with Gasteiger partial charge in [-0.1, -0.05) is 23.2 Å². The Hall–Kier alpha value is -4.02. The summed E-state index contributed by atoms with van der Waals surface area (Å²) >= 11 is 13.5. The third kappa shape index (κ3) is 2.52. The normalized spacial score (nSPS) is 13.3. The molecule has 3 aromatic carbocycles. The molecule has 10 nitrogen and oxygen atoms in total. The van der Waals surface area contributed by atoms with E-state index < -0.39 is 0 Å². The molecule has 0 spiro atoms. The summed E-state index contributed by atoms with van der Waals surface area (Å²) in [6, 6.07) is 7.04. The third-order valence-electron chi connectivity index (χ3n) is 6.84. The summed E-state index contributed by atoms with van der Waals surface area (Å²) < 4.78 is 18.5. The summed E-state index contributed by atoms with van der Waals surface area (Å²) in [6.45, 7) is 0. The zero-order valence-corrected chi connectivity index (χ0v) is 20.9. The van der Waals surface area contributed by atoms with Gasteiger partial charge >= 0.3 is 11.4 Å². The van der Waals surface area contributed by atoms with Crippen LogP contribution in [0.3, 0.4) is 0 Å². The summed E-state index contributed by atoms with van der Waals surface area (Å²) in [5, 5.41) is 0.988. The predicted octanol–water partition coefficient (Wildman–Crippen LogP) is 3.49. The van der Waals surface area contributed by atoms with Crippen LogP contribution >= 0.6 is 23.2 Å². The van der Waals surface area contributed by atoms with Crippen molar-refractivity contribution in [3.63, 3.8) is 0 Å². The molecule has 0 saturated heterocycles. The maximum absolute atomic E-state index is 12.4. The lowest BCUT2D eigenvalue weighted by Gasteiger charge is -2.21. The molecular weight excluding hydrogens is 507 g/mol. The van der Waals surface area contributed by atoms with Gasteiger partial charge in [0.05, 0.1) is 22.1 Å². The number of hydrogen-bond acceptors (Lipinski definition) is 6. The Morgan fingerprint density at radius 1 is 0.611 bits per heavy atom. The van der Waals surface area contributed by atoms with Gasteiger partial charge in [0, 0.05) is 40.3 Å². The molecule has 180 valence electrons. The van der Waals surface area contributed by atoms with Crippen LogP contribution in [-0.2, 0) is 28.2 Å². The Bertz CT molecular complexity index is 1960. The fourth-order valence-corrected chi connectivity index (χ4v) is 5.35. The molecular formula is C24H16Cl2N6O4. The number of fused-ring (bicyclic) bond motifs is 6. The molecule has 7 rings (SSSR count). The first-order valence-electron chi connectivity index (χ1n) is 10.9. The van der Waals surface area contributed by atoms with Crippen molar-refractivity contribution in [3.8, 4) is 23.0 Å². The average molecular weight is 523 g/mol. The van der Waals surface area contributed by atoms with Gasteiger partial charge in [0.25, 0.3) is 0 Å². The van der Waals surface area contributed by atoms with Crippen LogP contribution in [0.5, 0.6) is 23.0 Å². The van der Waals surface area contributed by atoms with Crippen molar-refractivity contribution in [2.75, 3.05) is 0 Å². The fraction of sp³-hybridized carbons (Fsp3) is 0.167. The molecule has 0 aliphatic carbocycles. The van der Waals surface area contributed by atoms with Gasteiger partial charge in [0.2, 0.25) is 0 Å². The first-order valence-corrected chi connectivity index (χ1v) is 11.6. The summed E-state index contributed by atoms with van der Waals surface area (Å²) in [4.78, 5) is 34.2. The minimum absolute atomic E-state index is 0.161. The van der Waals surface area contributed by atoms with Gasteiger partial charge in [-0.3, -0.25) is 18.3 Å². The molecule has 12 heteroatoms. The van der Waals surface area contributed by atoms with Crippen molar-refractivity contribution >= 4 is 56.6 Å². The number of aryl methyl sites for hydroxylation is 4. The maximum Gasteiger partial charge on any atom is 0.328 e. The Morgan fingerprint density at radius 3 is 1.31 bits per heavy atom. The lowest BCUT2D eigenvalue weighted by Crippen LogP contribution is -2.22. The van der Waals surface area contributed by atoms with Crippen LogP contribution in [0.1, 0.15) is 0 Å². The molecule has 0 fully saturated rings. The van der Waals surface area contributed by atoms with Crippen molar-refractivity contribution < 1.29 is 9.47 Å². The van der Waals surface area contributed by atoms with Crippen molar-refractivity contribution in [2.45, 2.75) is 0 Å². The topological polar surface area (TPSA) is 97.0 Å². The molecule has 5 aromatic rings. The van der Waals surface area contributed by atoms with Crippen LogP contribution in [0.25, 0.3) is 22.1 Å². The highest BCUT2D eigenvalue weighted by molar-refractivity contribution is 6.35. The summed E-state index contributed by atoms with van der Waals surface area (Å²) in [6.07, 6.45) is 0. The van der Waals surface area contributed by atoms with Crippen LogP contribution in [-0.4, -0.2) is 18.3 Å². The molecule has 0 N–H and O–H groups in total. The van der Waals surface area contributed by atoms with Crippen LogP contribution in [0.4, 0.5) is 11.4 Å². The van der Waals surface area contributed by atoms with Crippen LogP contribution in [0.2, 0.25) is 10.0 Å². The van der Waals surface area contributed by atoms with Crippen LogP contribution < -0.4 is 31.6 Å². The predicted molar refractivity (Wildman–Crippen MR) is 135 cm³/mol. The quantitative estimate of drug-likeness (QED) is 0.304. The largest absolute Gasteiger partial charge is 0.451 e. The van der Waals surface area contributed by atoms with E-state index >= 15 is 0 Å². The van der Waals surface area contributed by atoms with Gasteiger partial charge in [-0.15, -0.1) is 0 Å². The molecule has 0 amide bonds. The molecule has 0 bridgehead atoms. The average Bonchev–Trinajstić information content (AvgIpc) is 3.22. The second-order valence-electron chi connectivity index (χ2n) is 8.83. The standard InChI is InChI=1S/C24H16Cl2N6O4/c1-29-11-5-9-15(7-13(11)31(3)23(29)33)35-21-18(26)20-22(17(25)19(21)27-9)36-16-8-14-12(6-10(16)28-20)30(2)24(34)32(14)4/h5-8H,1-4H3. The lowest BCUT2D eigenvalue weighted by molar-refractivity contribution is 0.452. The van der Waals surface area contributed by atoms with Gasteiger partial charge in [-0.2, -0.15) is 0 Å². The molecule has 0 saturated carbocycles. The van der Waals surface area contributed by atoms with E-state index in [2.05, 4.69) is 0 Å². The number of ether oxygens (including phenoxy) is 2. The minimum Gasteiger partial charge on any atom is -0.451 e. The highest BCUT2D eigenvalue weighted by Crippen LogP contribution is 2.44. The fourth-order valence-electron chi connectivity index (χ4n) is 4.84. The molecule has 2 aliphatic rings. The third-order valence-corrected chi connectivity index (χ3v) is 7.54. The van der Waals surface area contributed by atoms with Crippen LogP contribution in [0, 0.1) is 0 Å². The first kappa shape index (κ1) is 21.3. The smallest absolute Gasteiger partial charge is 0.328 e. The van der Waals surface area contributed by atoms with E-state index in [0.717, 1.165) is 0 Å². The second-order valence-corrected chi connectivity index (χ2v) is 9.59. The Morgan fingerprint density at radius 2 is 0.944 bits per heavy atom. The number of hydrogen-bond donors (Lipinski definition) is 0. The summed E-state index contributed by atoms with van der Waals surface area (Å²) in [5.41, 5.74) is 3.48. The lowest BCUT2D eigenvalue weighted by atomic mass is 10.2. The van der Waals surface area contributed by atoms with Gasteiger partial charge < -0.3 is 9.47 Å². The van der Waals surface area contributed by atoms with Gasteiger partial charge in [-0.25, -0.2) is 19.6 Å². The number of halogens is 2. The number of nitrogens with zero attached hydrogens (tertiary/aromatic N) is 6. The number of rotatable bonds is 0. The highest BCUT2D eigenvalue weighted by Gasteiger charge is 2.28. The highest BCUT2D eigenvalue weighted by atomic mass is 35.5. The van der Waals surface area contributed by atoms with E-state index in [1.54, 1.807) is 61.6 Å². The van der Waals surface area contributed by atoms with Crippen molar-refractivity contribution in [1.82, 2.24) is 18.3 Å². The van der Waals surface area contributed by atoms with Gasteiger partial charge in [0.1, 0.15) is 32.1 Å². The van der Waals surface area contributed by atoms with Crippen molar-refractivity contribution in [2.24, 2.45) is 38.2 Å². The zero-order chi connectivity index (χ0) is 25.2. The molecule has 0 unspecified atom stereocenters. The molecule has 2 aromatic heterocycles. The van der Waals surface area contributed by atoms with Gasteiger partial charge in [-0.05, 0) is 12.1 Å². The Labute approximate surface area is 211 Å². The number of imidazole rings is 2. The van der Waals surface area contributed by atoms with E-state index in [4.69, 9.17) is 42.7 Å². The molecule has 36 heavy (non-hydrogen) atoms. The Kier molecular flexibility index (Phi) is 4.02. The molecule has 0 atom stereocenters. The van der Waals surface area contributed by atoms with E-state index in [0.29, 0.717) is 55.7 Å². The van der Waals surface area contributed by atoms with Crippen molar-refractivity contribution in [3.05, 3.63) is 66.0 Å². The van der Waals surface area contributed by atoms with E-state index in [1.807, 2.05) is 0 Å². The molecule has 4 heterocycles. The molecule has 0 radical (unpaired) electrons.